The molecule has 127 valence electrons. The zero-order valence-corrected chi connectivity index (χ0v) is 16.0. The number of aromatic nitrogens is 2. The quantitative estimate of drug-likeness (QED) is 0.629. The average Bonchev–Trinajstić information content (AvgIpc) is 3.02. The van der Waals surface area contributed by atoms with Gasteiger partial charge in [-0.25, -0.2) is 9.78 Å². The maximum atomic E-state index is 12.3. The summed E-state index contributed by atoms with van der Waals surface area (Å²) in [6, 6.07) is -0.0488. The number of imidazole rings is 1. The lowest BCUT2D eigenvalue weighted by Gasteiger charge is -2.27. The van der Waals surface area contributed by atoms with Crippen molar-refractivity contribution >= 4 is 14.2 Å². The molecule has 0 saturated carbocycles. The van der Waals surface area contributed by atoms with E-state index in [0.29, 0.717) is 6.54 Å². The SMILES string of the molecule is CC(C)(C)OC(=O)N1CCC[C@H]1c1ncc(C#C[Si-](C)(C)C)[nH]1. The molecule has 0 bridgehead atoms. The number of carbonyl (C=O) groups excluding carboxylic acids is 1. The first-order chi connectivity index (χ1) is 10.6. The number of rotatable bonds is 1. The van der Waals surface area contributed by atoms with Gasteiger partial charge in [0.1, 0.15) is 17.1 Å². The van der Waals surface area contributed by atoms with E-state index in [-0.39, 0.29) is 12.1 Å². The maximum absolute atomic E-state index is 12.3. The van der Waals surface area contributed by atoms with Gasteiger partial charge in [0, 0.05) is 6.54 Å². The van der Waals surface area contributed by atoms with Crippen LogP contribution < -0.4 is 0 Å². The molecular weight excluding hydrogens is 306 g/mol. The monoisotopic (exact) mass is 333 g/mol. The highest BCUT2D eigenvalue weighted by Crippen LogP contribution is 2.31. The highest BCUT2D eigenvalue weighted by molar-refractivity contribution is 6.83. The third-order valence-corrected chi connectivity index (χ3v) is 4.24. The number of hydrogen-bond donors (Lipinski definition) is 1. The van der Waals surface area contributed by atoms with Crippen LogP contribution in [0, 0.1) is 11.5 Å². The number of nitrogens with zero attached hydrogens (tertiary/aromatic N) is 2. The molecule has 1 atom stereocenters. The fraction of sp³-hybridized carbons (Fsp3) is 0.647. The molecule has 0 aliphatic carbocycles. The molecule has 0 aromatic carbocycles. The molecule has 1 N–H and O–H groups in total. The molecule has 23 heavy (non-hydrogen) atoms. The van der Waals surface area contributed by atoms with E-state index in [0.717, 1.165) is 24.4 Å². The van der Waals surface area contributed by atoms with Crippen LogP contribution in [0.3, 0.4) is 0 Å². The van der Waals surface area contributed by atoms with Crippen molar-refractivity contribution in [3.63, 3.8) is 0 Å². The van der Waals surface area contributed by atoms with E-state index in [1.54, 1.807) is 11.1 Å². The van der Waals surface area contributed by atoms with Gasteiger partial charge in [-0.3, -0.25) is 10.4 Å². The van der Waals surface area contributed by atoms with Crippen LogP contribution >= 0.6 is 0 Å². The maximum Gasteiger partial charge on any atom is 0.410 e. The summed E-state index contributed by atoms with van der Waals surface area (Å²) in [5.41, 5.74) is 3.65. The first kappa shape index (κ1) is 17.6. The summed E-state index contributed by atoms with van der Waals surface area (Å²) in [6.07, 6.45) is 3.34. The zero-order valence-electron chi connectivity index (χ0n) is 15.0. The van der Waals surface area contributed by atoms with Gasteiger partial charge in [0.15, 0.2) is 0 Å². The van der Waals surface area contributed by atoms with Crippen molar-refractivity contribution in [3.05, 3.63) is 17.7 Å². The van der Waals surface area contributed by atoms with Gasteiger partial charge in [0.2, 0.25) is 0 Å². The Balaban J connectivity index is 2.13. The number of hydrogen-bond acceptors (Lipinski definition) is 3. The van der Waals surface area contributed by atoms with Crippen LogP contribution in [0.15, 0.2) is 6.20 Å². The molecule has 5 nitrogen and oxygen atoms in total. The molecule has 1 aromatic rings. The van der Waals surface area contributed by atoms with E-state index in [1.807, 2.05) is 20.8 Å². The standard InChI is InChI=1S/C17H27N3O2Si/c1-17(2,3)22-16(21)20-10-7-8-14(20)15-18-12-13(19-15)9-11-23(4,5)6/h12,14H,7-8,10H2,1-6H3,(H,18,19)/q-1/t14-/m0/s1. The van der Waals surface area contributed by atoms with Crippen LogP contribution in [0.1, 0.15) is 51.2 Å². The number of H-pyrrole nitrogens is 1. The minimum Gasteiger partial charge on any atom is -0.444 e. The third kappa shape index (κ3) is 5.14. The van der Waals surface area contributed by atoms with Crippen LogP contribution in [0.2, 0.25) is 19.6 Å². The fourth-order valence-electron chi connectivity index (χ4n) is 2.41. The summed E-state index contributed by atoms with van der Waals surface area (Å²) in [7, 11) is -1.41. The predicted molar refractivity (Wildman–Crippen MR) is 93.7 cm³/mol. The Bertz CT molecular complexity index is 629. The molecule has 2 rings (SSSR count). The Morgan fingerprint density at radius 1 is 1.43 bits per heavy atom. The van der Waals surface area contributed by atoms with Crippen molar-refractivity contribution in [1.29, 1.82) is 0 Å². The molecule has 1 aromatic heterocycles. The van der Waals surface area contributed by atoms with Gasteiger partial charge in [-0.1, -0.05) is 14.0 Å². The molecule has 2 heterocycles. The number of likely N-dealkylation sites (tertiary alicyclic amines) is 1. The van der Waals surface area contributed by atoms with Gasteiger partial charge in [0.05, 0.1) is 12.2 Å². The fourth-order valence-corrected chi connectivity index (χ4v) is 2.92. The van der Waals surface area contributed by atoms with Gasteiger partial charge < -0.3 is 9.72 Å². The zero-order chi connectivity index (χ0) is 17.3. The van der Waals surface area contributed by atoms with Gasteiger partial charge in [-0.2, -0.15) is 19.6 Å². The van der Waals surface area contributed by atoms with Crippen molar-refractivity contribution in [2.45, 2.75) is 64.9 Å². The van der Waals surface area contributed by atoms with E-state index < -0.39 is 13.7 Å². The van der Waals surface area contributed by atoms with E-state index in [4.69, 9.17) is 4.74 Å². The second-order valence-electron chi connectivity index (χ2n) is 8.01. The first-order valence-corrected chi connectivity index (χ1v) is 11.6. The highest BCUT2D eigenvalue weighted by Gasteiger charge is 2.34. The Kier molecular flexibility index (Phi) is 4.90. The van der Waals surface area contributed by atoms with Gasteiger partial charge >= 0.3 is 6.09 Å². The molecular formula is C17H27N3O2Si-. The lowest BCUT2D eigenvalue weighted by molar-refractivity contribution is 0.0218. The number of amides is 1. The Labute approximate surface area is 139 Å². The summed E-state index contributed by atoms with van der Waals surface area (Å²) in [4.78, 5) is 21.8. The molecule has 1 aliphatic heterocycles. The summed E-state index contributed by atoms with van der Waals surface area (Å²) in [5.74, 6) is 3.97. The molecule has 1 saturated heterocycles. The Morgan fingerprint density at radius 3 is 2.74 bits per heavy atom. The first-order valence-electron chi connectivity index (χ1n) is 8.13. The van der Waals surface area contributed by atoms with Crippen LogP contribution in [0.5, 0.6) is 0 Å². The largest absolute Gasteiger partial charge is 0.444 e. The van der Waals surface area contributed by atoms with Crippen molar-refractivity contribution < 1.29 is 9.53 Å². The smallest absolute Gasteiger partial charge is 0.410 e. The van der Waals surface area contributed by atoms with Gasteiger partial charge in [0.25, 0.3) is 0 Å². The van der Waals surface area contributed by atoms with Crippen molar-refractivity contribution in [1.82, 2.24) is 14.9 Å². The minimum absolute atomic E-state index is 0.0488. The van der Waals surface area contributed by atoms with E-state index in [9.17, 15) is 4.79 Å². The van der Waals surface area contributed by atoms with E-state index in [2.05, 4.69) is 41.1 Å². The highest BCUT2D eigenvalue weighted by atomic mass is 28.3. The van der Waals surface area contributed by atoms with Crippen molar-refractivity contribution in [2.24, 2.45) is 0 Å². The summed E-state index contributed by atoms with van der Waals surface area (Å²) >= 11 is 0. The molecule has 0 unspecified atom stereocenters. The molecule has 1 amide bonds. The Morgan fingerprint density at radius 2 is 2.13 bits per heavy atom. The van der Waals surface area contributed by atoms with Crippen LogP contribution in [-0.2, 0) is 4.74 Å². The minimum atomic E-state index is -1.41. The predicted octanol–water partition coefficient (Wildman–Crippen LogP) is 3.71. The molecule has 6 heteroatoms. The molecule has 1 aliphatic rings. The number of carbonyl (C=O) groups is 1. The third-order valence-electron chi connectivity index (χ3n) is 3.36. The summed E-state index contributed by atoms with van der Waals surface area (Å²) < 4.78 is 5.50. The second-order valence-corrected chi connectivity index (χ2v) is 12.8. The molecule has 0 spiro atoms. The van der Waals surface area contributed by atoms with E-state index >= 15 is 0 Å². The molecule has 0 radical (unpaired) electrons. The van der Waals surface area contributed by atoms with Crippen LogP contribution in [0.25, 0.3) is 0 Å². The van der Waals surface area contributed by atoms with Crippen LogP contribution in [0.4, 0.5) is 4.79 Å². The van der Waals surface area contributed by atoms with Crippen molar-refractivity contribution in [3.8, 4) is 11.5 Å². The van der Waals surface area contributed by atoms with Gasteiger partial charge in [-0.15, -0.1) is 0 Å². The summed E-state index contributed by atoms with van der Waals surface area (Å²) in [6.45, 7) is 13.0. The van der Waals surface area contributed by atoms with E-state index in [1.165, 1.54) is 0 Å². The lowest BCUT2D eigenvalue weighted by atomic mass is 10.2. The Hall–Kier alpha value is -1.74. The normalized spacial score (nSPS) is 18.5. The lowest BCUT2D eigenvalue weighted by Crippen LogP contribution is -2.36. The second kappa shape index (κ2) is 6.40. The van der Waals surface area contributed by atoms with Crippen LogP contribution in [-0.4, -0.2) is 41.2 Å². The van der Waals surface area contributed by atoms with Gasteiger partial charge in [-0.05, 0) is 33.6 Å². The number of aromatic amines is 1. The average molecular weight is 334 g/mol. The number of ether oxygens (including phenoxy) is 1. The topological polar surface area (TPSA) is 58.2 Å². The summed E-state index contributed by atoms with van der Waals surface area (Å²) in [5, 5.41) is 0. The molecule has 1 fully saturated rings. The number of nitrogens with one attached hydrogen (secondary N) is 1. The van der Waals surface area contributed by atoms with Crippen molar-refractivity contribution in [2.75, 3.05) is 6.54 Å².